The summed E-state index contributed by atoms with van der Waals surface area (Å²) in [6.07, 6.45) is 4.02. The average Bonchev–Trinajstić information content (AvgIpc) is 2.74. The second-order valence-electron chi connectivity index (χ2n) is 3.33. The molecule has 0 saturated carbocycles. The molecule has 0 aromatic carbocycles. The molecule has 0 amide bonds. The van der Waals surface area contributed by atoms with E-state index >= 15 is 0 Å². The van der Waals surface area contributed by atoms with Crippen molar-refractivity contribution < 1.29 is 5.21 Å². The van der Waals surface area contributed by atoms with Crippen LogP contribution in [0.25, 0.3) is 0 Å². The lowest BCUT2D eigenvalue weighted by molar-refractivity contribution is 0.306. The van der Waals surface area contributed by atoms with Crippen molar-refractivity contribution in [2.24, 2.45) is 5.16 Å². The first-order chi connectivity index (χ1) is 6.92. The van der Waals surface area contributed by atoms with Gasteiger partial charge in [0.15, 0.2) is 5.84 Å². The van der Waals surface area contributed by atoms with Crippen LogP contribution in [0.5, 0.6) is 0 Å². The smallest absolute Gasteiger partial charge is 0.193 e. The van der Waals surface area contributed by atoms with Gasteiger partial charge >= 0.3 is 0 Å². The van der Waals surface area contributed by atoms with E-state index in [0.717, 1.165) is 31.6 Å². The molecule has 1 aromatic heterocycles. The zero-order chi connectivity index (χ0) is 9.80. The summed E-state index contributed by atoms with van der Waals surface area (Å²) >= 11 is 0. The fraction of sp³-hybridized carbons (Fsp3) is 0.400. The number of nitrogens with zero attached hydrogens (tertiary/aromatic N) is 3. The van der Waals surface area contributed by atoms with Crippen LogP contribution >= 0.6 is 0 Å². The lowest BCUT2D eigenvalue weighted by Crippen LogP contribution is -2.29. The fourth-order valence-corrected chi connectivity index (χ4v) is 1.70. The van der Waals surface area contributed by atoms with Crippen LogP contribution in [-0.4, -0.2) is 34.0 Å². The quantitative estimate of drug-likeness (QED) is 0.315. The van der Waals surface area contributed by atoms with Crippen molar-refractivity contribution in [2.45, 2.75) is 12.8 Å². The van der Waals surface area contributed by atoms with Gasteiger partial charge in [0.2, 0.25) is 0 Å². The number of rotatable bonds is 1. The number of amidine groups is 1. The summed E-state index contributed by atoms with van der Waals surface area (Å²) in [5.74, 6) is 0.586. The Hall–Kier alpha value is -1.58. The fourth-order valence-electron chi connectivity index (χ4n) is 1.70. The predicted octanol–water partition coefficient (Wildman–Crippen LogP) is 1.31. The van der Waals surface area contributed by atoms with E-state index in [-0.39, 0.29) is 0 Å². The van der Waals surface area contributed by atoms with Crippen molar-refractivity contribution >= 4 is 5.84 Å². The first-order valence-corrected chi connectivity index (χ1v) is 4.80. The van der Waals surface area contributed by atoms with E-state index in [0.29, 0.717) is 5.84 Å². The van der Waals surface area contributed by atoms with Crippen molar-refractivity contribution in [1.29, 1.82) is 0 Å². The number of pyridine rings is 1. The second kappa shape index (κ2) is 4.09. The third-order valence-electron chi connectivity index (χ3n) is 2.39. The molecule has 1 aromatic rings. The van der Waals surface area contributed by atoms with Gasteiger partial charge in [-0.2, -0.15) is 0 Å². The highest BCUT2D eigenvalue weighted by Gasteiger charge is 2.18. The van der Waals surface area contributed by atoms with E-state index in [1.165, 1.54) is 0 Å². The van der Waals surface area contributed by atoms with Gasteiger partial charge in [0.05, 0.1) is 0 Å². The molecule has 0 aliphatic carbocycles. The molecular formula is C10H13N3O. The molecule has 1 N–H and O–H groups in total. The second-order valence-corrected chi connectivity index (χ2v) is 3.33. The Morgan fingerprint density at radius 3 is 2.71 bits per heavy atom. The Bertz CT molecular complexity index is 317. The maximum absolute atomic E-state index is 8.95. The van der Waals surface area contributed by atoms with E-state index < -0.39 is 0 Å². The van der Waals surface area contributed by atoms with Crippen LogP contribution in [-0.2, 0) is 0 Å². The Labute approximate surface area is 82.9 Å². The van der Waals surface area contributed by atoms with Crippen LogP contribution in [0.1, 0.15) is 18.5 Å². The SMILES string of the molecule is O/N=C(/c1ccccn1)N1CCCC1. The monoisotopic (exact) mass is 191 g/mol. The molecule has 2 rings (SSSR count). The lowest BCUT2D eigenvalue weighted by atomic mass is 10.3. The van der Waals surface area contributed by atoms with Crippen LogP contribution in [0.15, 0.2) is 29.6 Å². The maximum atomic E-state index is 8.95. The largest absolute Gasteiger partial charge is 0.409 e. The number of likely N-dealkylation sites (tertiary alicyclic amines) is 1. The van der Waals surface area contributed by atoms with Crippen molar-refractivity contribution in [3.05, 3.63) is 30.1 Å². The lowest BCUT2D eigenvalue weighted by Gasteiger charge is -2.17. The highest BCUT2D eigenvalue weighted by atomic mass is 16.4. The van der Waals surface area contributed by atoms with Gasteiger partial charge in [0.1, 0.15) is 5.69 Å². The highest BCUT2D eigenvalue weighted by molar-refractivity contribution is 5.96. The summed E-state index contributed by atoms with van der Waals surface area (Å²) in [5, 5.41) is 12.3. The van der Waals surface area contributed by atoms with Gasteiger partial charge in [-0.3, -0.25) is 4.98 Å². The first kappa shape index (κ1) is 8.99. The predicted molar refractivity (Wildman–Crippen MR) is 53.4 cm³/mol. The Morgan fingerprint density at radius 1 is 1.36 bits per heavy atom. The summed E-state index contributed by atoms with van der Waals surface area (Å²) in [6, 6.07) is 5.60. The molecule has 74 valence electrons. The number of hydrogen-bond donors (Lipinski definition) is 1. The third-order valence-corrected chi connectivity index (χ3v) is 2.39. The molecule has 2 heterocycles. The van der Waals surface area contributed by atoms with Gasteiger partial charge in [0, 0.05) is 19.3 Å². The zero-order valence-corrected chi connectivity index (χ0v) is 7.93. The van der Waals surface area contributed by atoms with Gasteiger partial charge in [-0.1, -0.05) is 11.2 Å². The summed E-state index contributed by atoms with van der Waals surface area (Å²) in [6.45, 7) is 1.91. The van der Waals surface area contributed by atoms with Crippen LogP contribution < -0.4 is 0 Å². The Balaban J connectivity index is 2.22. The van der Waals surface area contributed by atoms with E-state index in [9.17, 15) is 0 Å². The molecule has 4 nitrogen and oxygen atoms in total. The van der Waals surface area contributed by atoms with Crippen molar-refractivity contribution in [3.8, 4) is 0 Å². The molecule has 0 spiro atoms. The van der Waals surface area contributed by atoms with Crippen LogP contribution in [0.4, 0.5) is 0 Å². The number of hydrogen-bond acceptors (Lipinski definition) is 3. The van der Waals surface area contributed by atoms with Crippen LogP contribution in [0, 0.1) is 0 Å². The topological polar surface area (TPSA) is 48.7 Å². The van der Waals surface area contributed by atoms with E-state index in [1.54, 1.807) is 6.20 Å². The minimum absolute atomic E-state index is 0.586. The van der Waals surface area contributed by atoms with E-state index in [2.05, 4.69) is 15.0 Å². The summed E-state index contributed by atoms with van der Waals surface area (Å²) in [7, 11) is 0. The van der Waals surface area contributed by atoms with Gasteiger partial charge in [-0.05, 0) is 25.0 Å². The van der Waals surface area contributed by atoms with Crippen molar-refractivity contribution in [1.82, 2.24) is 9.88 Å². The molecule has 1 aliphatic rings. The van der Waals surface area contributed by atoms with Crippen LogP contribution in [0.3, 0.4) is 0 Å². The zero-order valence-electron chi connectivity index (χ0n) is 7.93. The molecular weight excluding hydrogens is 178 g/mol. The molecule has 1 saturated heterocycles. The molecule has 0 atom stereocenters. The third kappa shape index (κ3) is 1.69. The van der Waals surface area contributed by atoms with Crippen molar-refractivity contribution in [2.75, 3.05) is 13.1 Å². The normalized spacial score (nSPS) is 17.4. The number of aromatic nitrogens is 1. The first-order valence-electron chi connectivity index (χ1n) is 4.80. The molecule has 0 bridgehead atoms. The summed E-state index contributed by atoms with van der Waals surface area (Å²) < 4.78 is 0. The van der Waals surface area contributed by atoms with E-state index in [1.807, 2.05) is 18.2 Å². The molecule has 14 heavy (non-hydrogen) atoms. The average molecular weight is 191 g/mol. The molecule has 0 radical (unpaired) electrons. The van der Waals surface area contributed by atoms with E-state index in [4.69, 9.17) is 5.21 Å². The van der Waals surface area contributed by atoms with Crippen LogP contribution in [0.2, 0.25) is 0 Å². The standard InChI is InChI=1S/C10H13N3O/c14-12-10(13-7-3-4-8-13)9-5-1-2-6-11-9/h1-2,5-6,14H,3-4,7-8H2/b12-10-. The summed E-state index contributed by atoms with van der Waals surface area (Å²) in [5.41, 5.74) is 0.733. The summed E-state index contributed by atoms with van der Waals surface area (Å²) in [4.78, 5) is 6.22. The Morgan fingerprint density at radius 2 is 2.14 bits per heavy atom. The molecule has 1 aliphatic heterocycles. The molecule has 0 unspecified atom stereocenters. The highest BCUT2D eigenvalue weighted by Crippen LogP contribution is 2.11. The Kier molecular flexibility index (Phi) is 2.62. The number of oxime groups is 1. The maximum Gasteiger partial charge on any atom is 0.193 e. The molecule has 1 fully saturated rings. The van der Waals surface area contributed by atoms with Gasteiger partial charge in [0.25, 0.3) is 0 Å². The van der Waals surface area contributed by atoms with Gasteiger partial charge < -0.3 is 10.1 Å². The van der Waals surface area contributed by atoms with Crippen molar-refractivity contribution in [3.63, 3.8) is 0 Å². The van der Waals surface area contributed by atoms with Gasteiger partial charge in [-0.25, -0.2) is 0 Å². The minimum atomic E-state index is 0.586. The van der Waals surface area contributed by atoms with Gasteiger partial charge in [-0.15, -0.1) is 0 Å². The minimum Gasteiger partial charge on any atom is -0.409 e. The molecule has 4 heteroatoms.